The van der Waals surface area contributed by atoms with Crippen LogP contribution >= 0.6 is 11.6 Å². The second-order valence-electron chi connectivity index (χ2n) is 8.01. The number of rotatable bonds is 4. The molecule has 35 heavy (non-hydrogen) atoms. The smallest absolute Gasteiger partial charge is 0.208 e. The molecule has 0 unspecified atom stereocenters. The molecule has 0 amide bonds. The van der Waals surface area contributed by atoms with Crippen molar-refractivity contribution in [2.45, 2.75) is 0 Å². The van der Waals surface area contributed by atoms with Crippen LogP contribution in [0.2, 0.25) is 5.28 Å². The molecule has 0 aliphatic rings. The van der Waals surface area contributed by atoms with Crippen LogP contribution in [0.15, 0.2) is 121 Å². The summed E-state index contributed by atoms with van der Waals surface area (Å²) in [7, 11) is 0. The fourth-order valence-corrected chi connectivity index (χ4v) is 4.13. The van der Waals surface area contributed by atoms with Crippen LogP contribution in [0.5, 0.6) is 0 Å². The van der Waals surface area contributed by atoms with Gasteiger partial charge < -0.3 is 0 Å². The number of nitrogens with zero attached hydrogens (tertiary/aromatic N) is 3. The first-order chi connectivity index (χ1) is 18.9. The molecule has 0 fully saturated rings. The number of fused-ring (bicyclic) bond motifs is 1. The SMILES string of the molecule is [2H]c1c([2H])c(-c2nc(Cl)nc(-c3cccc(-c4ccc5ccccc5c4)c3)n2)c([2H])c([2H])c1-c1ccccc1. The number of aromatic nitrogens is 3. The van der Waals surface area contributed by atoms with Crippen molar-refractivity contribution in [3.63, 3.8) is 0 Å². The molecule has 5 aromatic carbocycles. The van der Waals surface area contributed by atoms with Gasteiger partial charge in [0.15, 0.2) is 11.6 Å². The molecule has 0 saturated heterocycles. The molecule has 6 rings (SSSR count). The van der Waals surface area contributed by atoms with Gasteiger partial charge in [0.1, 0.15) is 0 Å². The summed E-state index contributed by atoms with van der Waals surface area (Å²) in [4.78, 5) is 13.0. The Labute approximate surface area is 214 Å². The summed E-state index contributed by atoms with van der Waals surface area (Å²) in [5, 5.41) is 2.19. The minimum Gasteiger partial charge on any atom is -0.208 e. The van der Waals surface area contributed by atoms with Crippen LogP contribution in [0.3, 0.4) is 0 Å². The first-order valence-corrected chi connectivity index (χ1v) is 11.5. The third-order valence-corrected chi connectivity index (χ3v) is 5.89. The maximum absolute atomic E-state index is 8.68. The molecule has 0 atom stereocenters. The largest absolute Gasteiger partial charge is 0.226 e. The van der Waals surface area contributed by atoms with Crippen LogP contribution < -0.4 is 0 Å². The van der Waals surface area contributed by atoms with E-state index in [0.717, 1.165) is 21.9 Å². The predicted molar refractivity (Wildman–Crippen MR) is 144 cm³/mol. The van der Waals surface area contributed by atoms with E-state index in [1.165, 1.54) is 0 Å². The first-order valence-electron chi connectivity index (χ1n) is 13.1. The van der Waals surface area contributed by atoms with Gasteiger partial charge in [-0.1, -0.05) is 109 Å². The Bertz CT molecular complexity index is 1850. The summed E-state index contributed by atoms with van der Waals surface area (Å²) in [6, 6.07) is 30.2. The Hall–Kier alpha value is -4.34. The summed E-state index contributed by atoms with van der Waals surface area (Å²) in [6.45, 7) is 0. The highest BCUT2D eigenvalue weighted by molar-refractivity contribution is 6.28. The molecule has 1 heterocycles. The maximum atomic E-state index is 8.68. The molecule has 0 spiro atoms. The molecule has 0 radical (unpaired) electrons. The highest BCUT2D eigenvalue weighted by Crippen LogP contribution is 2.29. The van der Waals surface area contributed by atoms with Crippen LogP contribution in [0.25, 0.3) is 55.8 Å². The number of halogens is 1. The summed E-state index contributed by atoms with van der Waals surface area (Å²) in [6.07, 6.45) is 0. The van der Waals surface area contributed by atoms with Crippen LogP contribution in [-0.2, 0) is 0 Å². The Morgan fingerprint density at radius 1 is 0.457 bits per heavy atom. The minimum atomic E-state index is -0.243. The molecule has 1 aromatic heterocycles. The second kappa shape index (κ2) is 9.13. The average Bonchev–Trinajstić information content (AvgIpc) is 2.96. The summed E-state index contributed by atoms with van der Waals surface area (Å²) < 4.78 is 34.6. The first kappa shape index (κ1) is 17.1. The highest BCUT2D eigenvalue weighted by Gasteiger charge is 2.11. The van der Waals surface area contributed by atoms with Gasteiger partial charge in [-0.15, -0.1) is 0 Å². The Morgan fingerprint density at radius 3 is 1.86 bits per heavy atom. The zero-order valence-electron chi connectivity index (χ0n) is 22.5. The molecule has 6 aromatic rings. The molecule has 0 saturated carbocycles. The third kappa shape index (κ3) is 4.42. The van der Waals surface area contributed by atoms with E-state index in [1.807, 2.05) is 42.5 Å². The van der Waals surface area contributed by atoms with Crippen LogP contribution in [0, 0.1) is 0 Å². The monoisotopic (exact) mass is 473 g/mol. The molecule has 0 bridgehead atoms. The van der Waals surface area contributed by atoms with Crippen molar-refractivity contribution >= 4 is 22.4 Å². The Balaban J connectivity index is 1.46. The Kier molecular flexibility index (Phi) is 4.47. The van der Waals surface area contributed by atoms with Gasteiger partial charge in [-0.05, 0) is 56.8 Å². The number of benzene rings is 5. The standard InChI is InChI=1S/C31H20ClN3/c32-31-34-29(24-16-13-23(14-17-24)21-7-2-1-3-8-21)33-30(35-31)28-12-6-11-26(20-28)27-18-15-22-9-4-5-10-25(22)19-27/h1-20H/i13D,14D,16D,17D. The molecule has 4 heteroatoms. The van der Waals surface area contributed by atoms with E-state index in [4.69, 9.17) is 17.1 Å². The van der Waals surface area contributed by atoms with E-state index in [0.29, 0.717) is 11.1 Å². The third-order valence-electron chi connectivity index (χ3n) is 5.72. The zero-order valence-corrected chi connectivity index (χ0v) is 19.2. The van der Waals surface area contributed by atoms with Crippen molar-refractivity contribution in [3.05, 3.63) is 127 Å². The van der Waals surface area contributed by atoms with Gasteiger partial charge >= 0.3 is 0 Å². The predicted octanol–water partition coefficient (Wildman–Crippen LogP) is 8.35. The van der Waals surface area contributed by atoms with Gasteiger partial charge in [0.2, 0.25) is 5.28 Å². The van der Waals surface area contributed by atoms with E-state index >= 15 is 0 Å². The van der Waals surface area contributed by atoms with Crippen molar-refractivity contribution in [3.8, 4) is 45.0 Å². The van der Waals surface area contributed by atoms with Crippen molar-refractivity contribution in [1.29, 1.82) is 0 Å². The molecule has 0 N–H and O–H groups in total. The normalized spacial score (nSPS) is 12.6. The van der Waals surface area contributed by atoms with Gasteiger partial charge in [0, 0.05) is 11.1 Å². The summed E-state index contributed by atoms with van der Waals surface area (Å²) >= 11 is 6.30. The van der Waals surface area contributed by atoms with Gasteiger partial charge in [0.25, 0.3) is 0 Å². The van der Waals surface area contributed by atoms with Crippen LogP contribution in [-0.4, -0.2) is 15.0 Å². The lowest BCUT2D eigenvalue weighted by molar-refractivity contribution is 1.07. The highest BCUT2D eigenvalue weighted by atomic mass is 35.5. The van der Waals surface area contributed by atoms with Crippen molar-refractivity contribution in [2.24, 2.45) is 0 Å². The number of hydrogen-bond acceptors (Lipinski definition) is 3. The molecular weight excluding hydrogens is 450 g/mol. The lowest BCUT2D eigenvalue weighted by Gasteiger charge is -2.09. The van der Waals surface area contributed by atoms with E-state index in [1.54, 1.807) is 24.3 Å². The molecule has 166 valence electrons. The summed E-state index contributed by atoms with van der Waals surface area (Å²) in [5.41, 5.74) is 3.47. The summed E-state index contributed by atoms with van der Waals surface area (Å²) in [5.74, 6) is 0.259. The van der Waals surface area contributed by atoms with Gasteiger partial charge in [-0.3, -0.25) is 0 Å². The van der Waals surface area contributed by atoms with Crippen molar-refractivity contribution < 1.29 is 5.48 Å². The van der Waals surface area contributed by atoms with Crippen LogP contribution in [0.4, 0.5) is 0 Å². The zero-order chi connectivity index (χ0) is 27.1. The van der Waals surface area contributed by atoms with Gasteiger partial charge in [0.05, 0.1) is 5.48 Å². The van der Waals surface area contributed by atoms with Crippen LogP contribution in [0.1, 0.15) is 5.48 Å². The fraction of sp³-hybridized carbons (Fsp3) is 0. The van der Waals surface area contributed by atoms with E-state index in [2.05, 4.69) is 45.3 Å². The number of hydrogen-bond donors (Lipinski definition) is 0. The lowest BCUT2D eigenvalue weighted by atomic mass is 9.99. The molecular formula is C31H20ClN3. The van der Waals surface area contributed by atoms with E-state index < -0.39 is 0 Å². The maximum Gasteiger partial charge on any atom is 0.226 e. The fourth-order valence-electron chi connectivity index (χ4n) is 3.97. The van der Waals surface area contributed by atoms with Gasteiger partial charge in [-0.2, -0.15) is 9.97 Å². The van der Waals surface area contributed by atoms with E-state index in [9.17, 15) is 0 Å². The van der Waals surface area contributed by atoms with E-state index in [-0.39, 0.29) is 52.2 Å². The van der Waals surface area contributed by atoms with Crippen molar-refractivity contribution in [1.82, 2.24) is 15.0 Å². The molecule has 3 nitrogen and oxygen atoms in total. The molecule has 0 aliphatic carbocycles. The molecule has 0 aliphatic heterocycles. The van der Waals surface area contributed by atoms with Gasteiger partial charge in [-0.25, -0.2) is 4.98 Å². The second-order valence-corrected chi connectivity index (χ2v) is 8.35. The van der Waals surface area contributed by atoms with Crippen molar-refractivity contribution in [2.75, 3.05) is 0 Å². The lowest BCUT2D eigenvalue weighted by Crippen LogP contribution is -1.97. The Morgan fingerprint density at radius 2 is 1.06 bits per heavy atom. The quantitative estimate of drug-likeness (QED) is 0.258. The minimum absolute atomic E-state index is 0.0160. The topological polar surface area (TPSA) is 38.7 Å². The average molecular weight is 474 g/mol.